The first kappa shape index (κ1) is 19.1. The zero-order valence-corrected chi connectivity index (χ0v) is 15.8. The van der Waals surface area contributed by atoms with Crippen LogP contribution in [-0.4, -0.2) is 46.0 Å². The Labute approximate surface area is 160 Å². The van der Waals surface area contributed by atoms with Crippen LogP contribution in [0.2, 0.25) is 0 Å². The van der Waals surface area contributed by atoms with Gasteiger partial charge in [-0.25, -0.2) is 4.98 Å². The zero-order chi connectivity index (χ0) is 19.1. The molecule has 1 fully saturated rings. The maximum atomic E-state index is 12.3. The standard InChI is InChI=1S/C21H27N3O3/c1-2-27-20(26)9-8-19(25)23-13-10-17(11-14-23)16-24-15-12-22-21(24)18-6-4-3-5-7-18/h3-7,12,15,17H,2,8-11,13-14,16H2,1H3. The SMILES string of the molecule is CCOC(=O)CCC(=O)N1CCC(Cn2ccnc2-c2ccccc2)CC1. The van der Waals surface area contributed by atoms with E-state index in [-0.39, 0.29) is 24.7 Å². The molecule has 0 unspecified atom stereocenters. The first-order valence-corrected chi connectivity index (χ1v) is 9.67. The Kier molecular flexibility index (Phi) is 6.63. The molecule has 1 aliphatic rings. The Balaban J connectivity index is 1.49. The predicted octanol–water partition coefficient (Wildman–Crippen LogP) is 3.13. The van der Waals surface area contributed by atoms with Crippen molar-refractivity contribution in [3.05, 3.63) is 42.7 Å². The maximum absolute atomic E-state index is 12.3. The summed E-state index contributed by atoms with van der Waals surface area (Å²) in [6, 6.07) is 10.2. The van der Waals surface area contributed by atoms with E-state index in [1.165, 1.54) is 0 Å². The van der Waals surface area contributed by atoms with Crippen LogP contribution in [0.3, 0.4) is 0 Å². The topological polar surface area (TPSA) is 64.4 Å². The van der Waals surface area contributed by atoms with Crippen molar-refractivity contribution in [3.63, 3.8) is 0 Å². The van der Waals surface area contributed by atoms with Gasteiger partial charge in [0.05, 0.1) is 13.0 Å². The van der Waals surface area contributed by atoms with Crippen molar-refractivity contribution in [2.75, 3.05) is 19.7 Å². The van der Waals surface area contributed by atoms with E-state index in [9.17, 15) is 9.59 Å². The Morgan fingerprint density at radius 2 is 1.89 bits per heavy atom. The number of hydrogen-bond donors (Lipinski definition) is 0. The second-order valence-electron chi connectivity index (χ2n) is 6.90. The normalized spacial score (nSPS) is 14.9. The van der Waals surface area contributed by atoms with Gasteiger partial charge in [0.25, 0.3) is 0 Å². The highest BCUT2D eigenvalue weighted by molar-refractivity contribution is 5.81. The molecule has 0 radical (unpaired) electrons. The van der Waals surface area contributed by atoms with Gasteiger partial charge in [-0.15, -0.1) is 0 Å². The van der Waals surface area contributed by atoms with Crippen molar-refractivity contribution < 1.29 is 14.3 Å². The fraction of sp³-hybridized carbons (Fsp3) is 0.476. The van der Waals surface area contributed by atoms with Crippen LogP contribution in [0.5, 0.6) is 0 Å². The number of aromatic nitrogens is 2. The highest BCUT2D eigenvalue weighted by atomic mass is 16.5. The average molecular weight is 369 g/mol. The number of hydrogen-bond acceptors (Lipinski definition) is 4. The molecule has 144 valence electrons. The molecule has 27 heavy (non-hydrogen) atoms. The number of piperidine rings is 1. The number of carbonyl (C=O) groups excluding carboxylic acids is 2. The molecule has 0 atom stereocenters. The van der Waals surface area contributed by atoms with E-state index >= 15 is 0 Å². The van der Waals surface area contributed by atoms with Gasteiger partial charge in [0.2, 0.25) is 5.91 Å². The lowest BCUT2D eigenvalue weighted by Crippen LogP contribution is -2.39. The molecule has 2 aromatic rings. The number of nitrogens with zero attached hydrogens (tertiary/aromatic N) is 3. The van der Waals surface area contributed by atoms with Crippen LogP contribution in [0, 0.1) is 5.92 Å². The Hall–Kier alpha value is -2.63. The van der Waals surface area contributed by atoms with Gasteiger partial charge in [0, 0.05) is 44.0 Å². The van der Waals surface area contributed by atoms with Crippen molar-refractivity contribution in [1.29, 1.82) is 0 Å². The Morgan fingerprint density at radius 3 is 2.59 bits per heavy atom. The first-order chi connectivity index (χ1) is 13.2. The third kappa shape index (κ3) is 5.18. The number of likely N-dealkylation sites (tertiary alicyclic amines) is 1. The minimum absolute atomic E-state index is 0.0501. The molecule has 0 saturated carbocycles. The monoisotopic (exact) mass is 369 g/mol. The molecule has 1 aromatic carbocycles. The molecule has 0 bridgehead atoms. The van der Waals surface area contributed by atoms with Crippen LogP contribution in [0.25, 0.3) is 11.4 Å². The fourth-order valence-electron chi connectivity index (χ4n) is 3.55. The van der Waals surface area contributed by atoms with Crippen molar-refractivity contribution >= 4 is 11.9 Å². The molecule has 0 aliphatic carbocycles. The average Bonchev–Trinajstić information content (AvgIpc) is 3.16. The number of imidazole rings is 1. The van der Waals surface area contributed by atoms with Gasteiger partial charge in [0.15, 0.2) is 0 Å². The number of rotatable bonds is 7. The third-order valence-electron chi connectivity index (χ3n) is 5.02. The molecule has 3 rings (SSSR count). The van der Waals surface area contributed by atoms with Crippen molar-refractivity contribution in [1.82, 2.24) is 14.5 Å². The summed E-state index contributed by atoms with van der Waals surface area (Å²) in [6.07, 6.45) is 6.22. The van der Waals surface area contributed by atoms with Crippen molar-refractivity contribution in [2.24, 2.45) is 5.92 Å². The number of carbonyl (C=O) groups is 2. The maximum Gasteiger partial charge on any atom is 0.306 e. The summed E-state index contributed by atoms with van der Waals surface area (Å²) < 4.78 is 7.09. The van der Waals surface area contributed by atoms with Gasteiger partial charge in [-0.3, -0.25) is 9.59 Å². The minimum atomic E-state index is -0.297. The molecule has 2 heterocycles. The highest BCUT2D eigenvalue weighted by Crippen LogP contribution is 2.23. The first-order valence-electron chi connectivity index (χ1n) is 9.67. The molecule has 6 nitrogen and oxygen atoms in total. The van der Waals surface area contributed by atoms with E-state index < -0.39 is 0 Å². The number of esters is 1. The molecule has 1 aliphatic heterocycles. The summed E-state index contributed by atoms with van der Waals surface area (Å²) in [5.41, 5.74) is 1.12. The van der Waals surface area contributed by atoms with Gasteiger partial charge in [-0.2, -0.15) is 0 Å². The molecular weight excluding hydrogens is 342 g/mol. The summed E-state index contributed by atoms with van der Waals surface area (Å²) >= 11 is 0. The van der Waals surface area contributed by atoms with E-state index in [4.69, 9.17) is 4.74 Å². The summed E-state index contributed by atoms with van der Waals surface area (Å²) in [4.78, 5) is 30.1. The smallest absolute Gasteiger partial charge is 0.306 e. The van der Waals surface area contributed by atoms with Crippen LogP contribution in [0.4, 0.5) is 0 Å². The highest BCUT2D eigenvalue weighted by Gasteiger charge is 2.24. The van der Waals surface area contributed by atoms with Gasteiger partial charge < -0.3 is 14.2 Å². The lowest BCUT2D eigenvalue weighted by atomic mass is 9.96. The summed E-state index contributed by atoms with van der Waals surface area (Å²) in [7, 11) is 0. The molecule has 6 heteroatoms. The van der Waals surface area contributed by atoms with Crippen molar-refractivity contribution in [3.8, 4) is 11.4 Å². The zero-order valence-electron chi connectivity index (χ0n) is 15.8. The molecular formula is C21H27N3O3. The number of benzene rings is 1. The van der Waals surface area contributed by atoms with Gasteiger partial charge in [0.1, 0.15) is 5.82 Å². The van der Waals surface area contributed by atoms with E-state index in [1.807, 2.05) is 35.5 Å². The third-order valence-corrected chi connectivity index (χ3v) is 5.02. The molecule has 1 aromatic heterocycles. The Bertz CT molecular complexity index is 749. The van der Waals surface area contributed by atoms with Crippen LogP contribution in [-0.2, 0) is 20.9 Å². The largest absolute Gasteiger partial charge is 0.466 e. The van der Waals surface area contributed by atoms with Crippen LogP contribution in [0.15, 0.2) is 42.7 Å². The van der Waals surface area contributed by atoms with E-state index in [0.29, 0.717) is 12.5 Å². The Morgan fingerprint density at radius 1 is 1.15 bits per heavy atom. The summed E-state index contributed by atoms with van der Waals surface area (Å²) in [5, 5.41) is 0. The predicted molar refractivity (Wildman–Crippen MR) is 103 cm³/mol. The van der Waals surface area contributed by atoms with E-state index in [2.05, 4.69) is 21.7 Å². The lowest BCUT2D eigenvalue weighted by molar-refractivity contribution is -0.146. The van der Waals surface area contributed by atoms with Crippen LogP contribution in [0.1, 0.15) is 32.6 Å². The lowest BCUT2D eigenvalue weighted by Gasteiger charge is -2.32. The van der Waals surface area contributed by atoms with E-state index in [1.54, 1.807) is 6.92 Å². The minimum Gasteiger partial charge on any atom is -0.466 e. The number of ether oxygens (including phenoxy) is 1. The molecule has 1 amide bonds. The van der Waals surface area contributed by atoms with Crippen molar-refractivity contribution in [2.45, 2.75) is 39.2 Å². The van der Waals surface area contributed by atoms with Crippen LogP contribution >= 0.6 is 0 Å². The summed E-state index contributed by atoms with van der Waals surface area (Å²) in [5.74, 6) is 1.27. The second kappa shape index (κ2) is 9.35. The second-order valence-corrected chi connectivity index (χ2v) is 6.90. The van der Waals surface area contributed by atoms with Gasteiger partial charge >= 0.3 is 5.97 Å². The molecule has 1 saturated heterocycles. The van der Waals surface area contributed by atoms with Gasteiger partial charge in [-0.1, -0.05) is 30.3 Å². The molecule has 0 spiro atoms. The summed E-state index contributed by atoms with van der Waals surface area (Å²) in [6.45, 7) is 4.55. The molecule has 0 N–H and O–H groups in total. The fourth-order valence-corrected chi connectivity index (χ4v) is 3.55. The quantitative estimate of drug-likeness (QED) is 0.704. The number of amides is 1. The van der Waals surface area contributed by atoms with E-state index in [0.717, 1.165) is 43.9 Å². The van der Waals surface area contributed by atoms with Crippen LogP contribution < -0.4 is 0 Å². The van der Waals surface area contributed by atoms with Gasteiger partial charge in [-0.05, 0) is 25.7 Å².